The molecule has 0 N–H and O–H groups in total. The maximum absolute atomic E-state index is 5.61. The van der Waals surface area contributed by atoms with Gasteiger partial charge in [-0.15, -0.1) is 23.2 Å². The van der Waals surface area contributed by atoms with Gasteiger partial charge >= 0.3 is 9.53 Å². The number of hydrogen-bond acceptors (Lipinski definition) is 3. The minimum atomic E-state index is -1.84. The SMILES string of the molecule is CCO[SiH](OC)OCCCCCC(Cl)Cl. The lowest BCUT2D eigenvalue weighted by atomic mass is 10.2. The Hall–Kier alpha value is 0.677. The molecule has 0 aromatic heterocycles. The molecule has 0 fully saturated rings. The van der Waals surface area contributed by atoms with Gasteiger partial charge < -0.3 is 13.3 Å². The Bertz CT molecular complexity index is 139. The molecule has 0 bridgehead atoms. The summed E-state index contributed by atoms with van der Waals surface area (Å²) in [6, 6.07) is 0. The minimum absolute atomic E-state index is 0.240. The molecule has 0 heterocycles. The maximum Gasteiger partial charge on any atom is 0.483 e. The van der Waals surface area contributed by atoms with Crippen LogP contribution in [0.2, 0.25) is 0 Å². The molecule has 0 rings (SSSR count). The van der Waals surface area contributed by atoms with Crippen molar-refractivity contribution in [2.45, 2.75) is 37.4 Å². The van der Waals surface area contributed by atoms with E-state index >= 15 is 0 Å². The van der Waals surface area contributed by atoms with E-state index in [0.29, 0.717) is 13.2 Å². The molecular formula is C9H20Cl2O3Si. The quantitative estimate of drug-likeness (QED) is 0.348. The molecule has 0 amide bonds. The minimum Gasteiger partial charge on any atom is -0.379 e. The van der Waals surface area contributed by atoms with Gasteiger partial charge in [0.15, 0.2) is 0 Å². The second-order valence-corrected chi connectivity index (χ2v) is 6.08. The third-order valence-corrected chi connectivity index (χ3v) is 3.75. The third kappa shape index (κ3) is 10.9. The summed E-state index contributed by atoms with van der Waals surface area (Å²) in [6.07, 6.45) is 3.96. The highest BCUT2D eigenvalue weighted by atomic mass is 35.5. The summed E-state index contributed by atoms with van der Waals surface area (Å²) in [5.41, 5.74) is 0. The van der Waals surface area contributed by atoms with Crippen molar-refractivity contribution in [3.8, 4) is 0 Å². The van der Waals surface area contributed by atoms with Gasteiger partial charge in [-0.3, -0.25) is 0 Å². The number of unbranched alkanes of at least 4 members (excludes halogenated alkanes) is 2. The van der Waals surface area contributed by atoms with E-state index in [-0.39, 0.29) is 4.84 Å². The normalized spacial score (nSPS) is 13.4. The second-order valence-electron chi connectivity index (χ2n) is 3.09. The molecule has 0 spiro atoms. The standard InChI is InChI=1S/C9H20Cl2O3Si/c1-3-13-15(12-2)14-8-6-4-5-7-9(10)11/h9,15H,3-8H2,1-2H3. The van der Waals surface area contributed by atoms with Gasteiger partial charge in [-0.2, -0.15) is 0 Å². The fraction of sp³-hybridized carbons (Fsp3) is 1.00. The average molecular weight is 275 g/mol. The number of halogens is 2. The highest BCUT2D eigenvalue weighted by Gasteiger charge is 2.11. The number of rotatable bonds is 10. The van der Waals surface area contributed by atoms with Gasteiger partial charge in [0.25, 0.3) is 0 Å². The van der Waals surface area contributed by atoms with Crippen LogP contribution in [0.25, 0.3) is 0 Å². The Kier molecular flexibility index (Phi) is 11.7. The lowest BCUT2D eigenvalue weighted by molar-refractivity contribution is 0.116. The monoisotopic (exact) mass is 274 g/mol. The van der Waals surface area contributed by atoms with E-state index in [9.17, 15) is 0 Å². The molecule has 0 aliphatic heterocycles. The van der Waals surface area contributed by atoms with E-state index in [4.69, 9.17) is 36.5 Å². The predicted octanol–water partition coefficient (Wildman–Crippen LogP) is 2.77. The van der Waals surface area contributed by atoms with Crippen LogP contribution in [-0.2, 0) is 13.3 Å². The molecule has 0 aliphatic carbocycles. The highest BCUT2D eigenvalue weighted by Crippen LogP contribution is 2.12. The van der Waals surface area contributed by atoms with Gasteiger partial charge in [0.05, 0.1) is 0 Å². The summed E-state index contributed by atoms with van der Waals surface area (Å²) >= 11 is 11.2. The molecular weight excluding hydrogens is 255 g/mol. The molecule has 0 aliphatic rings. The van der Waals surface area contributed by atoms with Crippen molar-refractivity contribution in [1.29, 1.82) is 0 Å². The zero-order valence-corrected chi connectivity index (χ0v) is 12.0. The molecule has 3 nitrogen and oxygen atoms in total. The summed E-state index contributed by atoms with van der Waals surface area (Å²) in [6.45, 7) is 3.27. The van der Waals surface area contributed by atoms with E-state index in [1.54, 1.807) is 7.11 Å². The van der Waals surface area contributed by atoms with Gasteiger partial charge in [0.2, 0.25) is 0 Å². The smallest absolute Gasteiger partial charge is 0.379 e. The average Bonchev–Trinajstić information content (AvgIpc) is 2.21. The van der Waals surface area contributed by atoms with Crippen molar-refractivity contribution < 1.29 is 13.3 Å². The molecule has 15 heavy (non-hydrogen) atoms. The Morgan fingerprint density at radius 2 is 1.87 bits per heavy atom. The maximum atomic E-state index is 5.61. The molecule has 6 heteroatoms. The van der Waals surface area contributed by atoms with Gasteiger partial charge in [-0.25, -0.2) is 0 Å². The van der Waals surface area contributed by atoms with Crippen molar-refractivity contribution in [2.24, 2.45) is 0 Å². The molecule has 0 saturated carbocycles. The molecule has 1 atom stereocenters. The lowest BCUT2D eigenvalue weighted by Gasteiger charge is -2.12. The topological polar surface area (TPSA) is 27.7 Å². The van der Waals surface area contributed by atoms with Crippen molar-refractivity contribution in [3.05, 3.63) is 0 Å². The first-order valence-corrected chi connectivity index (χ1v) is 7.53. The fourth-order valence-electron chi connectivity index (χ4n) is 1.08. The number of hydrogen-bond donors (Lipinski definition) is 0. The number of alkyl halides is 2. The van der Waals surface area contributed by atoms with Gasteiger partial charge in [0, 0.05) is 20.3 Å². The van der Waals surface area contributed by atoms with E-state index in [1.165, 1.54) is 0 Å². The molecule has 0 aromatic rings. The summed E-state index contributed by atoms with van der Waals surface area (Å²) in [5, 5.41) is 0. The Balaban J connectivity index is 3.21. The Morgan fingerprint density at radius 1 is 1.13 bits per heavy atom. The van der Waals surface area contributed by atoms with Crippen LogP contribution in [-0.4, -0.2) is 34.7 Å². The van der Waals surface area contributed by atoms with E-state index < -0.39 is 9.53 Å². The molecule has 0 radical (unpaired) electrons. The molecule has 1 unspecified atom stereocenters. The first-order chi connectivity index (χ1) is 7.20. The van der Waals surface area contributed by atoms with Crippen LogP contribution in [0.15, 0.2) is 0 Å². The summed E-state index contributed by atoms with van der Waals surface area (Å²) in [4.78, 5) is -0.240. The van der Waals surface area contributed by atoms with E-state index in [2.05, 4.69) is 0 Å². The van der Waals surface area contributed by atoms with Crippen LogP contribution in [0.5, 0.6) is 0 Å². The van der Waals surface area contributed by atoms with Crippen LogP contribution in [0.1, 0.15) is 32.6 Å². The van der Waals surface area contributed by atoms with Crippen molar-refractivity contribution in [3.63, 3.8) is 0 Å². The van der Waals surface area contributed by atoms with Crippen molar-refractivity contribution in [2.75, 3.05) is 20.3 Å². The fourth-order valence-corrected chi connectivity index (χ4v) is 2.39. The zero-order chi connectivity index (χ0) is 11.5. The van der Waals surface area contributed by atoms with Crippen LogP contribution in [0.3, 0.4) is 0 Å². The summed E-state index contributed by atoms with van der Waals surface area (Å²) in [5.74, 6) is 0. The first kappa shape index (κ1) is 15.7. The summed E-state index contributed by atoms with van der Waals surface area (Å²) in [7, 11) is -0.213. The van der Waals surface area contributed by atoms with E-state index in [0.717, 1.165) is 25.7 Å². The van der Waals surface area contributed by atoms with Crippen molar-refractivity contribution >= 4 is 32.7 Å². The largest absolute Gasteiger partial charge is 0.483 e. The van der Waals surface area contributed by atoms with Crippen molar-refractivity contribution in [1.82, 2.24) is 0 Å². The Morgan fingerprint density at radius 3 is 2.40 bits per heavy atom. The van der Waals surface area contributed by atoms with E-state index in [1.807, 2.05) is 6.92 Å². The Labute approximate surface area is 104 Å². The van der Waals surface area contributed by atoms with Crippen LogP contribution < -0.4 is 0 Å². The van der Waals surface area contributed by atoms with Gasteiger partial charge in [0.1, 0.15) is 4.84 Å². The van der Waals surface area contributed by atoms with Crippen LogP contribution in [0, 0.1) is 0 Å². The predicted molar refractivity (Wildman–Crippen MR) is 65.7 cm³/mol. The highest BCUT2D eigenvalue weighted by molar-refractivity contribution is 6.44. The third-order valence-electron chi connectivity index (χ3n) is 1.82. The second kappa shape index (κ2) is 11.2. The molecule has 0 aromatic carbocycles. The molecule has 0 saturated heterocycles. The summed E-state index contributed by atoms with van der Waals surface area (Å²) < 4.78 is 15.8. The van der Waals surface area contributed by atoms with Gasteiger partial charge in [-0.05, 0) is 19.8 Å². The van der Waals surface area contributed by atoms with Crippen LogP contribution >= 0.6 is 23.2 Å². The zero-order valence-electron chi connectivity index (χ0n) is 9.38. The lowest BCUT2D eigenvalue weighted by Crippen LogP contribution is -2.26. The van der Waals surface area contributed by atoms with Gasteiger partial charge in [-0.1, -0.05) is 12.8 Å². The van der Waals surface area contributed by atoms with Crippen LogP contribution in [0.4, 0.5) is 0 Å². The first-order valence-electron chi connectivity index (χ1n) is 5.24. The molecule has 92 valence electrons.